The number of likely N-dealkylation sites (tertiary alicyclic amines) is 1. The Morgan fingerprint density at radius 1 is 1.27 bits per heavy atom. The van der Waals surface area contributed by atoms with Gasteiger partial charge in [0.15, 0.2) is 16.8 Å². The van der Waals surface area contributed by atoms with Crippen LogP contribution in [0.5, 0.6) is 5.88 Å². The maximum atomic E-state index is 16.8. The minimum absolute atomic E-state index is 0.0109. The molecule has 45 heavy (non-hydrogen) atoms. The van der Waals surface area contributed by atoms with Crippen LogP contribution >= 0.6 is 22.9 Å². The van der Waals surface area contributed by atoms with Crippen molar-refractivity contribution in [2.45, 2.75) is 31.8 Å². The highest BCUT2D eigenvalue weighted by Crippen LogP contribution is 2.45. The number of pyridine rings is 1. The third-order valence-corrected chi connectivity index (χ3v) is 9.72. The van der Waals surface area contributed by atoms with Gasteiger partial charge < -0.3 is 25.2 Å². The number of nitriles is 1. The van der Waals surface area contributed by atoms with Gasteiger partial charge in [0.25, 0.3) is 5.91 Å². The number of ether oxygens (including phenoxy) is 1. The maximum absolute atomic E-state index is 16.8. The van der Waals surface area contributed by atoms with Gasteiger partial charge in [-0.3, -0.25) is 4.79 Å². The number of nitrogens with two attached hydrogens (primary N) is 1. The molecule has 2 aromatic carbocycles. The molecule has 2 atom stereocenters. The Bertz CT molecular complexity index is 1910. The third-order valence-electron chi connectivity index (χ3n) is 8.53. The van der Waals surface area contributed by atoms with Crippen molar-refractivity contribution in [3.05, 3.63) is 52.8 Å². The maximum Gasteiger partial charge on any atom is 0.282 e. The molecule has 2 N–H and O–H groups in total. The van der Waals surface area contributed by atoms with E-state index >= 15 is 4.39 Å². The Morgan fingerprint density at radius 3 is 2.71 bits per heavy atom. The number of amides is 1. The van der Waals surface area contributed by atoms with Crippen molar-refractivity contribution < 1.29 is 22.7 Å². The predicted octanol–water partition coefficient (Wildman–Crippen LogP) is 5.89. The van der Waals surface area contributed by atoms with Crippen LogP contribution in [0.4, 0.5) is 24.0 Å². The van der Waals surface area contributed by atoms with Crippen LogP contribution in [0.1, 0.15) is 25.3 Å². The molecule has 4 aromatic rings. The van der Waals surface area contributed by atoms with Crippen molar-refractivity contribution in [2.24, 2.45) is 0 Å². The van der Waals surface area contributed by atoms with Crippen LogP contribution < -0.4 is 15.4 Å². The SMILES string of the molecule is C=C(F)C(=O)N1CCN(c2c(C#N)c(OCC3CCCN3C)nc3c(F)c(-c4ccc(F)c5sc(N)nc45)c(Cl)cc23)C[C@H]1C. The molecule has 0 bridgehead atoms. The van der Waals surface area contributed by atoms with E-state index in [-0.39, 0.29) is 86.1 Å². The molecule has 14 heteroatoms. The van der Waals surface area contributed by atoms with Crippen LogP contribution in [-0.2, 0) is 4.79 Å². The van der Waals surface area contributed by atoms with Crippen LogP contribution in [0.25, 0.3) is 32.2 Å². The smallest absolute Gasteiger partial charge is 0.282 e. The number of fused-ring (bicyclic) bond motifs is 2. The Labute approximate surface area is 266 Å². The average molecular weight is 656 g/mol. The highest BCUT2D eigenvalue weighted by atomic mass is 35.5. The van der Waals surface area contributed by atoms with Crippen LogP contribution in [0, 0.1) is 23.0 Å². The van der Waals surface area contributed by atoms with Gasteiger partial charge in [0.2, 0.25) is 5.88 Å². The van der Waals surface area contributed by atoms with Gasteiger partial charge in [-0.15, -0.1) is 0 Å². The van der Waals surface area contributed by atoms with E-state index in [1.807, 2.05) is 11.9 Å². The number of hydrogen-bond acceptors (Lipinski definition) is 9. The standard InChI is InChI=1S/C31H29ClF3N7O2S/c1-15-13-41(9-10-42(15)30(43)16(2)33)27-19-11-21(32)23(18-6-7-22(34)28-26(18)39-31(37)45-28)24(35)25(19)38-29(20(27)12-36)44-14-17-5-4-8-40(17)3/h6-7,11,15,17H,2,4-5,8-10,13-14H2,1,3H3,(H2,37,39)/t15-,17?/m1/s1. The molecule has 2 fully saturated rings. The summed E-state index contributed by atoms with van der Waals surface area (Å²) in [6.45, 7) is 6.57. The van der Waals surface area contributed by atoms with Gasteiger partial charge in [-0.25, -0.2) is 23.1 Å². The third kappa shape index (κ3) is 5.41. The second-order valence-corrected chi connectivity index (χ2v) is 12.7. The highest BCUT2D eigenvalue weighted by molar-refractivity contribution is 7.22. The molecule has 2 aliphatic heterocycles. The van der Waals surface area contributed by atoms with Gasteiger partial charge >= 0.3 is 0 Å². The summed E-state index contributed by atoms with van der Waals surface area (Å²) in [5, 5.41) is 10.8. The Balaban J connectivity index is 1.53. The fourth-order valence-corrected chi connectivity index (χ4v) is 7.31. The van der Waals surface area contributed by atoms with Gasteiger partial charge in [0, 0.05) is 48.2 Å². The number of carbonyl (C=O) groups excluding carboxylic acids is 1. The lowest BCUT2D eigenvalue weighted by atomic mass is 9.98. The van der Waals surface area contributed by atoms with Crippen LogP contribution in [0.3, 0.4) is 0 Å². The number of rotatable bonds is 6. The van der Waals surface area contributed by atoms with Crippen molar-refractivity contribution in [3.8, 4) is 23.1 Å². The molecule has 0 saturated carbocycles. The molecule has 6 rings (SSSR count). The molecule has 2 saturated heterocycles. The Kier molecular flexibility index (Phi) is 8.24. The van der Waals surface area contributed by atoms with Gasteiger partial charge in [-0.2, -0.15) is 5.26 Å². The molecule has 0 spiro atoms. The van der Waals surface area contributed by atoms with Crippen molar-refractivity contribution in [3.63, 3.8) is 0 Å². The van der Waals surface area contributed by atoms with Gasteiger partial charge in [0.05, 0.1) is 20.9 Å². The number of nitrogen functional groups attached to an aromatic ring is 1. The van der Waals surface area contributed by atoms with E-state index in [1.54, 1.807) is 6.92 Å². The molecule has 4 heterocycles. The number of anilines is 2. The summed E-state index contributed by atoms with van der Waals surface area (Å²) in [6, 6.07) is 5.93. The van der Waals surface area contributed by atoms with Crippen LogP contribution in [-0.4, -0.2) is 77.6 Å². The molecule has 234 valence electrons. The van der Waals surface area contributed by atoms with E-state index < -0.39 is 29.4 Å². The summed E-state index contributed by atoms with van der Waals surface area (Å²) < 4.78 is 51.4. The largest absolute Gasteiger partial charge is 0.475 e. The van der Waals surface area contributed by atoms with Crippen molar-refractivity contribution >= 4 is 60.8 Å². The number of halogens is 4. The van der Waals surface area contributed by atoms with Gasteiger partial charge in [-0.1, -0.05) is 29.5 Å². The van der Waals surface area contributed by atoms with Crippen LogP contribution in [0.2, 0.25) is 5.02 Å². The zero-order chi connectivity index (χ0) is 32.2. The molecular weight excluding hydrogens is 627 g/mol. The zero-order valence-electron chi connectivity index (χ0n) is 24.5. The number of piperazine rings is 1. The van der Waals surface area contributed by atoms with Gasteiger partial charge in [-0.05, 0) is 51.6 Å². The molecule has 0 aliphatic carbocycles. The fraction of sp³-hybridized carbons (Fsp3) is 0.355. The lowest BCUT2D eigenvalue weighted by Gasteiger charge is -2.41. The first-order valence-corrected chi connectivity index (χ1v) is 15.5. The van der Waals surface area contributed by atoms with E-state index in [1.165, 1.54) is 23.1 Å². The zero-order valence-corrected chi connectivity index (χ0v) is 26.1. The monoisotopic (exact) mass is 655 g/mol. The number of aromatic nitrogens is 2. The number of likely N-dealkylation sites (N-methyl/N-ethyl adjacent to an activating group) is 1. The summed E-state index contributed by atoms with van der Waals surface area (Å²) in [5.41, 5.74) is 6.54. The normalized spacial score (nSPS) is 19.0. The van der Waals surface area contributed by atoms with Gasteiger partial charge in [0.1, 0.15) is 29.6 Å². The first kappa shape index (κ1) is 30.9. The summed E-state index contributed by atoms with van der Waals surface area (Å²) in [7, 11) is 1.99. The topological polar surface area (TPSA) is 112 Å². The molecule has 1 unspecified atom stereocenters. The minimum Gasteiger partial charge on any atom is -0.475 e. The second kappa shape index (κ2) is 12.0. The molecule has 2 aromatic heterocycles. The second-order valence-electron chi connectivity index (χ2n) is 11.3. The first-order valence-electron chi connectivity index (χ1n) is 14.3. The quantitative estimate of drug-likeness (QED) is 0.256. The van der Waals surface area contributed by atoms with E-state index in [4.69, 9.17) is 22.1 Å². The number of nitrogens with zero attached hydrogens (tertiary/aromatic N) is 6. The molecule has 9 nitrogen and oxygen atoms in total. The van der Waals surface area contributed by atoms with E-state index in [0.717, 1.165) is 30.7 Å². The summed E-state index contributed by atoms with van der Waals surface area (Å²) >= 11 is 7.71. The lowest BCUT2D eigenvalue weighted by molar-refractivity contribution is -0.130. The van der Waals surface area contributed by atoms with E-state index in [2.05, 4.69) is 27.5 Å². The molecule has 2 aliphatic rings. The van der Waals surface area contributed by atoms with Crippen molar-refractivity contribution in [1.29, 1.82) is 5.26 Å². The van der Waals surface area contributed by atoms with Crippen molar-refractivity contribution in [1.82, 2.24) is 19.8 Å². The van der Waals surface area contributed by atoms with E-state index in [9.17, 15) is 18.8 Å². The summed E-state index contributed by atoms with van der Waals surface area (Å²) in [6.07, 6.45) is 1.90. The first-order chi connectivity index (χ1) is 21.5. The van der Waals surface area contributed by atoms with Crippen molar-refractivity contribution in [2.75, 3.05) is 50.5 Å². The summed E-state index contributed by atoms with van der Waals surface area (Å²) in [5.74, 6) is -3.26. The molecule has 1 amide bonds. The Morgan fingerprint density at radius 2 is 2.04 bits per heavy atom. The number of carbonyl (C=O) groups is 1. The number of thiazole rings is 1. The predicted molar refractivity (Wildman–Crippen MR) is 169 cm³/mol. The number of hydrogen-bond donors (Lipinski definition) is 1. The van der Waals surface area contributed by atoms with E-state index in [0.29, 0.717) is 5.69 Å². The highest BCUT2D eigenvalue weighted by Gasteiger charge is 2.34. The fourth-order valence-electron chi connectivity index (χ4n) is 6.25. The van der Waals surface area contributed by atoms with Crippen LogP contribution in [0.15, 0.2) is 30.6 Å². The lowest BCUT2D eigenvalue weighted by Crippen LogP contribution is -2.54. The average Bonchev–Trinajstić information content (AvgIpc) is 3.61. The summed E-state index contributed by atoms with van der Waals surface area (Å²) in [4.78, 5) is 26.5. The number of benzene rings is 2. The molecular formula is C31H29ClF3N7O2S. The molecule has 0 radical (unpaired) electrons. The Hall–Kier alpha value is -4.12. The minimum atomic E-state index is -1.06.